The summed E-state index contributed by atoms with van der Waals surface area (Å²) in [5.74, 6) is -4.51. The number of imidazole rings is 1. The molecule has 2 heterocycles. The van der Waals surface area contributed by atoms with Crippen LogP contribution in [0.25, 0.3) is 11.0 Å². The number of rotatable bonds is 5. The van der Waals surface area contributed by atoms with E-state index in [0.717, 1.165) is 30.8 Å². The first-order chi connectivity index (χ1) is 16.5. The average molecular weight is 509 g/mol. The number of hydrogen-bond donors (Lipinski definition) is 4. The molecule has 5 N–H and O–H groups in total. The minimum absolute atomic E-state index is 0.0769. The smallest absolute Gasteiger partial charge is 0.365 e. The first kappa shape index (κ1) is 30.0. The largest absolute Gasteiger partial charge is 0.416 e. The molecule has 1 atom stereocenters. The number of fused-ring (bicyclic) bond motifs is 1. The molecule has 2 aromatic rings. The summed E-state index contributed by atoms with van der Waals surface area (Å²) in [5.41, 5.74) is 6.57. The molecule has 15 heteroatoms. The van der Waals surface area contributed by atoms with Crippen molar-refractivity contribution >= 4 is 40.6 Å². The number of nitrogens with two attached hydrogens (primary N) is 1. The second-order valence-corrected chi connectivity index (χ2v) is 9.11. The Bertz CT molecular complexity index is 1020. The van der Waals surface area contributed by atoms with Gasteiger partial charge in [-0.15, -0.1) is 0 Å². The molecule has 2 aliphatic rings. The van der Waals surface area contributed by atoms with Gasteiger partial charge in [0.25, 0.3) is 5.92 Å². The molecule has 0 spiro atoms. The van der Waals surface area contributed by atoms with E-state index in [1.807, 2.05) is 0 Å². The average Bonchev–Trinajstić information content (AvgIpc) is 3.44. The normalized spacial score (nSPS) is 20.8. The van der Waals surface area contributed by atoms with E-state index in [-0.39, 0.29) is 13.2 Å². The molecule has 1 aliphatic carbocycles. The Morgan fingerprint density at radius 1 is 1.22 bits per heavy atom. The van der Waals surface area contributed by atoms with Gasteiger partial charge < -0.3 is 26.1 Å². The fourth-order valence-corrected chi connectivity index (χ4v) is 2.96. The number of ether oxygens (including phenoxy) is 1. The lowest BCUT2D eigenvalue weighted by Gasteiger charge is -2.44. The van der Waals surface area contributed by atoms with Gasteiger partial charge in [0.05, 0.1) is 45.6 Å². The number of hydrogen-bond acceptors (Lipinski definition) is 4. The minimum Gasteiger partial charge on any atom is -0.365 e. The van der Waals surface area contributed by atoms with Crippen molar-refractivity contribution in [1.29, 1.82) is 0 Å². The van der Waals surface area contributed by atoms with E-state index in [0.29, 0.717) is 0 Å². The van der Waals surface area contributed by atoms with Crippen LogP contribution in [0.2, 0.25) is 0 Å². The third-order valence-electron chi connectivity index (χ3n) is 5.52. The van der Waals surface area contributed by atoms with Gasteiger partial charge in [-0.3, -0.25) is 0 Å². The van der Waals surface area contributed by atoms with Crippen LogP contribution in [0.5, 0.6) is 0 Å². The zero-order valence-electron chi connectivity index (χ0n) is 20.0. The van der Waals surface area contributed by atoms with Crippen molar-refractivity contribution in [3.8, 4) is 0 Å². The van der Waals surface area contributed by atoms with Crippen LogP contribution in [0, 0.1) is 5.92 Å². The summed E-state index contributed by atoms with van der Waals surface area (Å²) in [5, 5.41) is 0.792. The molecule has 4 rings (SSSR count). The Hall–Kier alpha value is -2.28. The predicted octanol–water partition coefficient (Wildman–Crippen LogP) is 2.24. The summed E-state index contributed by atoms with van der Waals surface area (Å²) < 4.78 is 66.3. The van der Waals surface area contributed by atoms with Gasteiger partial charge in [0, 0.05) is 11.9 Å². The van der Waals surface area contributed by atoms with Gasteiger partial charge in [0.15, 0.2) is 5.60 Å². The van der Waals surface area contributed by atoms with E-state index in [4.69, 9.17) is 29.3 Å². The lowest BCUT2D eigenvalue weighted by Crippen LogP contribution is -2.75. The summed E-state index contributed by atoms with van der Waals surface area (Å²) in [6.45, 7) is 1.97. The number of carbonyl (C=O) groups excluding carboxylic acids is 1. The Morgan fingerprint density at radius 2 is 1.86 bits per heavy atom. The van der Waals surface area contributed by atoms with Gasteiger partial charge >= 0.3 is 12.2 Å². The number of benzene rings is 1. The van der Waals surface area contributed by atoms with Gasteiger partial charge in [-0.25, -0.2) is 18.6 Å². The quantitative estimate of drug-likeness (QED) is 0.367. The zero-order valence-corrected chi connectivity index (χ0v) is 20.0. The van der Waals surface area contributed by atoms with Crippen LogP contribution >= 0.6 is 0 Å². The second-order valence-electron chi connectivity index (χ2n) is 9.11. The SMILES string of the molecule is CC(C)(OCCN)C(F)(F)F.[B]C1NC(=O)NC([B])([B])C1(F)F.c1nc2ccc(CC3CC3)cc2[nH]1. The summed E-state index contributed by atoms with van der Waals surface area (Å²) in [6.07, 6.45) is 1.50. The zero-order chi connectivity index (χ0) is 27.4. The van der Waals surface area contributed by atoms with Crippen molar-refractivity contribution in [2.45, 2.75) is 62.1 Å². The van der Waals surface area contributed by atoms with Crippen molar-refractivity contribution in [2.75, 3.05) is 13.2 Å². The summed E-state index contributed by atoms with van der Waals surface area (Å²) in [7, 11) is 14.7. The fourth-order valence-electron chi connectivity index (χ4n) is 2.96. The Kier molecular flexibility index (Phi) is 9.49. The fraction of sp³-hybridized carbons (Fsp3) is 0.619. The third-order valence-corrected chi connectivity index (χ3v) is 5.52. The molecule has 1 saturated heterocycles. The van der Waals surface area contributed by atoms with Crippen LogP contribution in [0.1, 0.15) is 32.3 Å². The molecule has 2 fully saturated rings. The maximum absolute atomic E-state index is 12.9. The molecule has 1 aromatic carbocycles. The summed E-state index contributed by atoms with van der Waals surface area (Å²) in [4.78, 5) is 17.9. The van der Waals surface area contributed by atoms with Gasteiger partial charge in [0.2, 0.25) is 0 Å². The van der Waals surface area contributed by atoms with Crippen LogP contribution in [-0.2, 0) is 11.2 Å². The van der Waals surface area contributed by atoms with Crippen molar-refractivity contribution in [3.05, 3.63) is 30.1 Å². The van der Waals surface area contributed by atoms with E-state index < -0.39 is 35.0 Å². The molecule has 36 heavy (non-hydrogen) atoms. The highest BCUT2D eigenvalue weighted by Crippen LogP contribution is 2.33. The van der Waals surface area contributed by atoms with Crippen LogP contribution in [0.15, 0.2) is 24.5 Å². The lowest BCUT2D eigenvalue weighted by atomic mass is 9.54. The Morgan fingerprint density at radius 3 is 2.39 bits per heavy atom. The van der Waals surface area contributed by atoms with E-state index in [1.165, 1.54) is 24.8 Å². The Labute approximate surface area is 210 Å². The number of aromatic nitrogens is 2. The molecule has 7 nitrogen and oxygen atoms in total. The van der Waals surface area contributed by atoms with Crippen LogP contribution in [0.3, 0.4) is 0 Å². The standard InChI is InChI=1S/C11H12N2.C6H12F3NO.C4H3B3F2N2O/c1-2-8(1)5-9-3-4-10-11(6-9)13-7-12-10;1-5(2,6(7,8)9)11-4-3-10;5-1-3(8,9)4(6,7)11-2(12)10-1/h3-4,6-8H,1-2,5H2,(H,12,13);3-4,10H2,1-2H3;1H,(H2,10,11,12). The maximum atomic E-state index is 12.9. The number of urea groups is 1. The topological polar surface area (TPSA) is 105 Å². The third kappa shape index (κ3) is 7.86. The highest BCUT2D eigenvalue weighted by Gasteiger charge is 2.53. The van der Waals surface area contributed by atoms with Gasteiger partial charge in [-0.05, 0) is 56.7 Å². The molecule has 1 aromatic heterocycles. The van der Waals surface area contributed by atoms with Crippen LogP contribution in [-0.4, -0.2) is 81.7 Å². The monoisotopic (exact) mass is 509 g/mol. The first-order valence-electron chi connectivity index (χ1n) is 11.1. The highest BCUT2D eigenvalue weighted by atomic mass is 19.4. The highest BCUT2D eigenvalue weighted by molar-refractivity contribution is 6.42. The van der Waals surface area contributed by atoms with Crippen molar-refractivity contribution in [1.82, 2.24) is 20.6 Å². The number of nitrogens with one attached hydrogen (secondary N) is 3. The second kappa shape index (κ2) is 11.4. The Balaban J connectivity index is 0.000000191. The number of alkyl halides is 5. The van der Waals surface area contributed by atoms with Crippen molar-refractivity contribution in [3.63, 3.8) is 0 Å². The van der Waals surface area contributed by atoms with E-state index >= 15 is 0 Å². The number of H-pyrrole nitrogens is 1. The van der Waals surface area contributed by atoms with Crippen LogP contribution < -0.4 is 16.4 Å². The first-order valence-corrected chi connectivity index (χ1v) is 11.1. The van der Waals surface area contributed by atoms with Gasteiger partial charge in [0.1, 0.15) is 7.85 Å². The molecular weight excluding hydrogens is 482 g/mol. The molecule has 1 unspecified atom stereocenters. The number of aromatic amines is 1. The molecule has 0 bridgehead atoms. The molecule has 1 saturated carbocycles. The molecule has 1 aliphatic heterocycles. The molecular formula is C21H27B3F5N5O2. The number of carbonyl (C=O) groups is 1. The molecule has 6 radical (unpaired) electrons. The van der Waals surface area contributed by atoms with E-state index in [9.17, 15) is 26.7 Å². The van der Waals surface area contributed by atoms with Gasteiger partial charge in [-0.2, -0.15) is 13.2 Å². The molecule has 2 amide bonds. The van der Waals surface area contributed by atoms with Gasteiger partial charge in [-0.1, -0.05) is 6.07 Å². The van der Waals surface area contributed by atoms with Crippen molar-refractivity contribution < 1.29 is 31.5 Å². The minimum atomic E-state index is -4.33. The molecule has 192 valence electrons. The number of amides is 2. The number of halogens is 5. The summed E-state index contributed by atoms with van der Waals surface area (Å²) in [6, 6.07) is 5.60. The predicted molar refractivity (Wildman–Crippen MR) is 128 cm³/mol. The number of nitrogens with zero attached hydrogens (tertiary/aromatic N) is 1. The van der Waals surface area contributed by atoms with E-state index in [2.05, 4.69) is 32.9 Å². The van der Waals surface area contributed by atoms with Crippen molar-refractivity contribution in [2.24, 2.45) is 11.7 Å². The summed E-state index contributed by atoms with van der Waals surface area (Å²) >= 11 is 0. The van der Waals surface area contributed by atoms with E-state index in [1.54, 1.807) is 17.0 Å². The lowest BCUT2D eigenvalue weighted by molar-refractivity contribution is -0.262. The van der Waals surface area contributed by atoms with Crippen LogP contribution in [0.4, 0.5) is 26.7 Å². The maximum Gasteiger partial charge on any atom is 0.416 e.